The SMILES string of the molecule is C[C@H]1CN(C(=O)NCCCn2cncn2)CCO1. The summed E-state index contributed by atoms with van der Waals surface area (Å²) in [6.45, 7) is 5.33. The molecule has 1 atom stereocenters. The van der Waals surface area contributed by atoms with Gasteiger partial charge in [0.2, 0.25) is 0 Å². The molecule has 1 aliphatic heterocycles. The summed E-state index contributed by atoms with van der Waals surface area (Å²) in [5.74, 6) is 0. The number of nitrogens with zero attached hydrogens (tertiary/aromatic N) is 4. The lowest BCUT2D eigenvalue weighted by molar-refractivity contribution is -0.00345. The van der Waals surface area contributed by atoms with E-state index in [9.17, 15) is 4.79 Å². The van der Waals surface area contributed by atoms with Gasteiger partial charge in [-0.3, -0.25) is 4.68 Å². The standard InChI is InChI=1S/C11H19N5O2/c1-10-7-15(5-6-18-10)11(17)13-3-2-4-16-9-12-8-14-16/h8-10H,2-7H2,1H3,(H,13,17)/t10-/m0/s1. The van der Waals surface area contributed by atoms with Gasteiger partial charge in [-0.05, 0) is 13.3 Å². The smallest absolute Gasteiger partial charge is 0.317 e. The van der Waals surface area contributed by atoms with E-state index in [4.69, 9.17) is 4.74 Å². The molecule has 1 saturated heterocycles. The Morgan fingerprint density at radius 2 is 2.50 bits per heavy atom. The highest BCUT2D eigenvalue weighted by atomic mass is 16.5. The van der Waals surface area contributed by atoms with Gasteiger partial charge in [-0.25, -0.2) is 9.78 Å². The second-order valence-electron chi connectivity index (χ2n) is 4.37. The van der Waals surface area contributed by atoms with Crippen molar-refractivity contribution in [1.29, 1.82) is 0 Å². The third kappa shape index (κ3) is 3.69. The van der Waals surface area contributed by atoms with Crippen LogP contribution in [0.15, 0.2) is 12.7 Å². The summed E-state index contributed by atoms with van der Waals surface area (Å²) in [7, 11) is 0. The van der Waals surface area contributed by atoms with E-state index in [1.165, 1.54) is 6.33 Å². The van der Waals surface area contributed by atoms with Crippen LogP contribution in [0, 0.1) is 0 Å². The number of hydrogen-bond acceptors (Lipinski definition) is 4. The maximum absolute atomic E-state index is 11.8. The molecule has 1 aromatic heterocycles. The maximum atomic E-state index is 11.8. The number of ether oxygens (including phenoxy) is 1. The number of aryl methyl sites for hydroxylation is 1. The molecule has 100 valence electrons. The predicted molar refractivity (Wildman–Crippen MR) is 65.0 cm³/mol. The second-order valence-corrected chi connectivity index (χ2v) is 4.37. The number of amides is 2. The fourth-order valence-corrected chi connectivity index (χ4v) is 1.90. The first-order valence-corrected chi connectivity index (χ1v) is 6.22. The Labute approximate surface area is 106 Å². The molecule has 0 bridgehead atoms. The van der Waals surface area contributed by atoms with Crippen LogP contribution >= 0.6 is 0 Å². The maximum Gasteiger partial charge on any atom is 0.317 e. The molecule has 1 aliphatic rings. The quantitative estimate of drug-likeness (QED) is 0.772. The molecule has 2 heterocycles. The van der Waals surface area contributed by atoms with E-state index in [1.807, 2.05) is 6.92 Å². The zero-order valence-electron chi connectivity index (χ0n) is 10.6. The van der Waals surface area contributed by atoms with E-state index < -0.39 is 0 Å². The summed E-state index contributed by atoms with van der Waals surface area (Å²) in [5, 5.41) is 6.90. The molecule has 1 N–H and O–H groups in total. The van der Waals surface area contributed by atoms with Gasteiger partial charge in [0.25, 0.3) is 0 Å². The molecular weight excluding hydrogens is 234 g/mol. The number of hydrogen-bond donors (Lipinski definition) is 1. The van der Waals surface area contributed by atoms with Gasteiger partial charge in [-0.2, -0.15) is 5.10 Å². The summed E-state index contributed by atoms with van der Waals surface area (Å²) in [5.41, 5.74) is 0. The first kappa shape index (κ1) is 12.8. The van der Waals surface area contributed by atoms with Crippen molar-refractivity contribution >= 4 is 6.03 Å². The third-order valence-corrected chi connectivity index (χ3v) is 2.84. The summed E-state index contributed by atoms with van der Waals surface area (Å²) >= 11 is 0. The number of rotatable bonds is 4. The van der Waals surface area contributed by atoms with E-state index in [0.29, 0.717) is 26.2 Å². The van der Waals surface area contributed by atoms with Crippen LogP contribution in [-0.4, -0.2) is 58.0 Å². The van der Waals surface area contributed by atoms with Crippen LogP contribution in [0.1, 0.15) is 13.3 Å². The Morgan fingerprint density at radius 1 is 1.61 bits per heavy atom. The Balaban J connectivity index is 1.62. The van der Waals surface area contributed by atoms with E-state index in [1.54, 1.807) is 15.9 Å². The minimum atomic E-state index is -0.0104. The van der Waals surface area contributed by atoms with Crippen molar-refractivity contribution in [2.75, 3.05) is 26.2 Å². The molecule has 7 heteroatoms. The van der Waals surface area contributed by atoms with Crippen LogP contribution in [-0.2, 0) is 11.3 Å². The first-order chi connectivity index (χ1) is 8.75. The van der Waals surface area contributed by atoms with Crippen molar-refractivity contribution in [2.24, 2.45) is 0 Å². The van der Waals surface area contributed by atoms with E-state index >= 15 is 0 Å². The van der Waals surface area contributed by atoms with Gasteiger partial charge in [-0.15, -0.1) is 0 Å². The Bertz CT molecular complexity index is 368. The lowest BCUT2D eigenvalue weighted by atomic mass is 10.3. The minimum Gasteiger partial charge on any atom is -0.375 e. The highest BCUT2D eigenvalue weighted by Crippen LogP contribution is 2.04. The molecule has 7 nitrogen and oxygen atoms in total. The lowest BCUT2D eigenvalue weighted by Crippen LogP contribution is -2.49. The molecular formula is C11H19N5O2. The topological polar surface area (TPSA) is 72.3 Å². The van der Waals surface area contributed by atoms with Crippen LogP contribution in [0.5, 0.6) is 0 Å². The van der Waals surface area contributed by atoms with Gasteiger partial charge < -0.3 is 15.0 Å². The first-order valence-electron chi connectivity index (χ1n) is 6.22. The van der Waals surface area contributed by atoms with Gasteiger partial charge in [0, 0.05) is 26.2 Å². The van der Waals surface area contributed by atoms with Crippen LogP contribution < -0.4 is 5.32 Å². The highest BCUT2D eigenvalue weighted by Gasteiger charge is 2.20. The number of aromatic nitrogens is 3. The molecule has 2 rings (SSSR count). The average Bonchev–Trinajstić information content (AvgIpc) is 2.87. The molecule has 1 aromatic rings. The van der Waals surface area contributed by atoms with E-state index in [-0.39, 0.29) is 12.1 Å². The van der Waals surface area contributed by atoms with Crippen molar-refractivity contribution in [2.45, 2.75) is 26.0 Å². The molecule has 0 saturated carbocycles. The summed E-state index contributed by atoms with van der Waals surface area (Å²) in [6, 6.07) is -0.0104. The monoisotopic (exact) mass is 253 g/mol. The summed E-state index contributed by atoms with van der Waals surface area (Å²) in [4.78, 5) is 17.5. The molecule has 2 amide bonds. The Kier molecular flexibility index (Phi) is 4.52. The number of nitrogens with one attached hydrogen (secondary N) is 1. The summed E-state index contributed by atoms with van der Waals surface area (Å²) < 4.78 is 7.15. The largest absolute Gasteiger partial charge is 0.375 e. The number of morpholine rings is 1. The molecule has 0 aromatic carbocycles. The number of carbonyl (C=O) groups excluding carboxylic acids is 1. The summed E-state index contributed by atoms with van der Waals surface area (Å²) in [6.07, 6.45) is 4.15. The van der Waals surface area contributed by atoms with Gasteiger partial charge in [0.15, 0.2) is 0 Å². The number of urea groups is 1. The van der Waals surface area contributed by atoms with Gasteiger partial charge in [-0.1, -0.05) is 0 Å². The molecule has 1 fully saturated rings. The molecule has 18 heavy (non-hydrogen) atoms. The fourth-order valence-electron chi connectivity index (χ4n) is 1.90. The molecule has 0 radical (unpaired) electrons. The van der Waals surface area contributed by atoms with Crippen LogP contribution in [0.3, 0.4) is 0 Å². The molecule has 0 spiro atoms. The van der Waals surface area contributed by atoms with Crippen LogP contribution in [0.25, 0.3) is 0 Å². The van der Waals surface area contributed by atoms with Gasteiger partial charge >= 0.3 is 6.03 Å². The zero-order valence-corrected chi connectivity index (χ0v) is 10.6. The lowest BCUT2D eigenvalue weighted by Gasteiger charge is -2.31. The average molecular weight is 253 g/mol. The number of carbonyl (C=O) groups is 1. The predicted octanol–water partition coefficient (Wildman–Crippen LogP) is 0.0985. The minimum absolute atomic E-state index is 0.0104. The van der Waals surface area contributed by atoms with E-state index in [0.717, 1.165) is 13.0 Å². The second kappa shape index (κ2) is 6.34. The van der Waals surface area contributed by atoms with Crippen molar-refractivity contribution in [3.05, 3.63) is 12.7 Å². The van der Waals surface area contributed by atoms with E-state index in [2.05, 4.69) is 15.4 Å². The highest BCUT2D eigenvalue weighted by molar-refractivity contribution is 5.74. The van der Waals surface area contributed by atoms with Crippen molar-refractivity contribution in [3.63, 3.8) is 0 Å². The zero-order chi connectivity index (χ0) is 12.8. The molecule has 0 aliphatic carbocycles. The van der Waals surface area contributed by atoms with Crippen molar-refractivity contribution in [3.8, 4) is 0 Å². The molecule has 0 unspecified atom stereocenters. The fraction of sp³-hybridized carbons (Fsp3) is 0.727. The third-order valence-electron chi connectivity index (χ3n) is 2.84. The van der Waals surface area contributed by atoms with Crippen molar-refractivity contribution < 1.29 is 9.53 Å². The normalized spacial score (nSPS) is 19.8. The van der Waals surface area contributed by atoms with Crippen LogP contribution in [0.2, 0.25) is 0 Å². The van der Waals surface area contributed by atoms with Gasteiger partial charge in [0.1, 0.15) is 12.7 Å². The Morgan fingerprint density at radius 3 is 3.22 bits per heavy atom. The van der Waals surface area contributed by atoms with Gasteiger partial charge in [0.05, 0.1) is 12.7 Å². The van der Waals surface area contributed by atoms with Crippen LogP contribution in [0.4, 0.5) is 4.79 Å². The Hall–Kier alpha value is -1.63. The van der Waals surface area contributed by atoms with Crippen molar-refractivity contribution in [1.82, 2.24) is 25.0 Å².